The van der Waals surface area contributed by atoms with Crippen LogP contribution in [0.1, 0.15) is 55.6 Å². The summed E-state index contributed by atoms with van der Waals surface area (Å²) in [5.74, 6) is 0.500. The molecule has 1 unspecified atom stereocenters. The number of hydrogen-bond donors (Lipinski definition) is 2. The molecule has 5 nitrogen and oxygen atoms in total. The van der Waals surface area contributed by atoms with E-state index in [0.717, 1.165) is 42.7 Å². The van der Waals surface area contributed by atoms with E-state index in [1.807, 2.05) is 23.7 Å². The zero-order valence-electron chi connectivity index (χ0n) is 13.7. The van der Waals surface area contributed by atoms with E-state index in [4.69, 9.17) is 0 Å². The molecule has 1 aliphatic carbocycles. The SMILES string of the molecule is Cc1cc2ncc(C(C)NC3CCC(CO)CC3)c(C)n2n1. The van der Waals surface area contributed by atoms with Gasteiger partial charge in [-0.3, -0.25) is 0 Å². The van der Waals surface area contributed by atoms with Crippen molar-refractivity contribution in [3.63, 3.8) is 0 Å². The van der Waals surface area contributed by atoms with Crippen molar-refractivity contribution in [1.82, 2.24) is 19.9 Å². The van der Waals surface area contributed by atoms with Crippen LogP contribution in [0.3, 0.4) is 0 Å². The second kappa shape index (κ2) is 6.34. The van der Waals surface area contributed by atoms with Crippen LogP contribution in [0.2, 0.25) is 0 Å². The van der Waals surface area contributed by atoms with Crippen LogP contribution in [0, 0.1) is 19.8 Å². The number of nitrogens with zero attached hydrogens (tertiary/aromatic N) is 3. The van der Waals surface area contributed by atoms with E-state index in [-0.39, 0.29) is 6.04 Å². The predicted octanol–water partition coefficient (Wildman–Crippen LogP) is 2.55. The smallest absolute Gasteiger partial charge is 0.155 e. The first-order chi connectivity index (χ1) is 10.6. The topological polar surface area (TPSA) is 62.5 Å². The van der Waals surface area contributed by atoms with Crippen molar-refractivity contribution in [3.05, 3.63) is 29.2 Å². The fourth-order valence-corrected chi connectivity index (χ4v) is 3.56. The monoisotopic (exact) mass is 302 g/mol. The lowest BCUT2D eigenvalue weighted by Crippen LogP contribution is -2.36. The Bertz CT molecular complexity index is 643. The highest BCUT2D eigenvalue weighted by Crippen LogP contribution is 2.26. The molecule has 0 aromatic carbocycles. The Kier molecular flexibility index (Phi) is 4.45. The number of aryl methyl sites for hydroxylation is 2. The average molecular weight is 302 g/mol. The third-order valence-electron chi connectivity index (χ3n) is 4.94. The Morgan fingerprint density at radius 3 is 2.73 bits per heavy atom. The van der Waals surface area contributed by atoms with Crippen LogP contribution in [0.4, 0.5) is 0 Å². The van der Waals surface area contributed by atoms with Gasteiger partial charge in [0.1, 0.15) is 0 Å². The molecule has 1 atom stereocenters. The van der Waals surface area contributed by atoms with Gasteiger partial charge in [-0.25, -0.2) is 9.50 Å². The van der Waals surface area contributed by atoms with Gasteiger partial charge in [0.25, 0.3) is 0 Å². The molecule has 1 saturated carbocycles. The maximum Gasteiger partial charge on any atom is 0.155 e. The summed E-state index contributed by atoms with van der Waals surface area (Å²) < 4.78 is 1.94. The quantitative estimate of drug-likeness (QED) is 0.911. The van der Waals surface area contributed by atoms with E-state index in [1.54, 1.807) is 0 Å². The van der Waals surface area contributed by atoms with Crippen LogP contribution < -0.4 is 5.32 Å². The molecule has 0 bridgehead atoms. The highest BCUT2D eigenvalue weighted by Gasteiger charge is 2.23. The van der Waals surface area contributed by atoms with Gasteiger partial charge in [0, 0.05) is 42.2 Å². The second-order valence-corrected chi connectivity index (χ2v) is 6.64. The van der Waals surface area contributed by atoms with Crippen molar-refractivity contribution in [2.75, 3.05) is 6.61 Å². The third-order valence-corrected chi connectivity index (χ3v) is 4.94. The van der Waals surface area contributed by atoms with Gasteiger partial charge in [0.2, 0.25) is 0 Å². The molecule has 0 radical (unpaired) electrons. The van der Waals surface area contributed by atoms with E-state index < -0.39 is 0 Å². The van der Waals surface area contributed by atoms with E-state index in [0.29, 0.717) is 18.6 Å². The molecular weight excluding hydrogens is 276 g/mol. The average Bonchev–Trinajstić information content (AvgIpc) is 2.90. The summed E-state index contributed by atoms with van der Waals surface area (Å²) >= 11 is 0. The van der Waals surface area contributed by atoms with E-state index in [2.05, 4.69) is 29.2 Å². The fourth-order valence-electron chi connectivity index (χ4n) is 3.56. The Labute approximate surface area is 131 Å². The molecule has 1 aliphatic rings. The van der Waals surface area contributed by atoms with Crippen LogP contribution in [0.15, 0.2) is 12.3 Å². The first kappa shape index (κ1) is 15.4. The van der Waals surface area contributed by atoms with Crippen molar-refractivity contribution in [2.45, 2.75) is 58.5 Å². The Balaban J connectivity index is 1.72. The minimum atomic E-state index is 0.261. The summed E-state index contributed by atoms with van der Waals surface area (Å²) in [5.41, 5.74) is 4.27. The van der Waals surface area contributed by atoms with Crippen LogP contribution in [-0.2, 0) is 0 Å². The molecular formula is C17H26N4O. The predicted molar refractivity (Wildman–Crippen MR) is 86.8 cm³/mol. The molecule has 0 aliphatic heterocycles. The summed E-state index contributed by atoms with van der Waals surface area (Å²) in [6.07, 6.45) is 6.50. The fraction of sp³-hybridized carbons (Fsp3) is 0.647. The second-order valence-electron chi connectivity index (χ2n) is 6.64. The molecule has 3 rings (SSSR count). The molecule has 120 valence electrons. The molecule has 2 heterocycles. The van der Waals surface area contributed by atoms with Crippen molar-refractivity contribution >= 4 is 5.65 Å². The van der Waals surface area contributed by atoms with Crippen molar-refractivity contribution in [3.8, 4) is 0 Å². The number of aromatic nitrogens is 3. The summed E-state index contributed by atoms with van der Waals surface area (Å²) in [6.45, 7) is 6.64. The van der Waals surface area contributed by atoms with Crippen LogP contribution in [-0.4, -0.2) is 32.4 Å². The van der Waals surface area contributed by atoms with Gasteiger partial charge in [-0.1, -0.05) is 0 Å². The molecule has 0 spiro atoms. The molecule has 1 fully saturated rings. The van der Waals surface area contributed by atoms with Crippen LogP contribution in [0.25, 0.3) is 5.65 Å². The standard InChI is InChI=1S/C17H26N4O/c1-11-8-17-18-9-16(13(3)21(17)20-11)12(2)19-15-6-4-14(10-22)5-7-15/h8-9,12,14-15,19,22H,4-7,10H2,1-3H3. The Morgan fingerprint density at radius 2 is 2.05 bits per heavy atom. The van der Waals surface area contributed by atoms with E-state index >= 15 is 0 Å². The Morgan fingerprint density at radius 1 is 1.32 bits per heavy atom. The normalized spacial score (nSPS) is 23.8. The zero-order valence-corrected chi connectivity index (χ0v) is 13.7. The largest absolute Gasteiger partial charge is 0.396 e. The van der Waals surface area contributed by atoms with Gasteiger partial charge in [-0.05, 0) is 52.4 Å². The maximum atomic E-state index is 9.24. The molecule has 22 heavy (non-hydrogen) atoms. The number of hydrogen-bond acceptors (Lipinski definition) is 4. The highest BCUT2D eigenvalue weighted by molar-refractivity contribution is 5.42. The first-order valence-corrected chi connectivity index (χ1v) is 8.27. The van der Waals surface area contributed by atoms with Gasteiger partial charge < -0.3 is 10.4 Å². The number of nitrogens with one attached hydrogen (secondary N) is 1. The highest BCUT2D eigenvalue weighted by atomic mass is 16.3. The van der Waals surface area contributed by atoms with Crippen molar-refractivity contribution in [2.24, 2.45) is 5.92 Å². The lowest BCUT2D eigenvalue weighted by Gasteiger charge is -2.30. The molecule has 5 heteroatoms. The minimum absolute atomic E-state index is 0.261. The molecule has 0 amide bonds. The summed E-state index contributed by atoms with van der Waals surface area (Å²) in [4.78, 5) is 4.53. The molecule has 0 saturated heterocycles. The number of rotatable bonds is 4. The minimum Gasteiger partial charge on any atom is -0.396 e. The maximum absolute atomic E-state index is 9.24. The van der Waals surface area contributed by atoms with E-state index in [9.17, 15) is 5.11 Å². The lowest BCUT2D eigenvalue weighted by atomic mass is 9.86. The summed E-state index contributed by atoms with van der Waals surface area (Å²) in [6, 6.07) is 2.80. The van der Waals surface area contributed by atoms with Crippen LogP contribution >= 0.6 is 0 Å². The van der Waals surface area contributed by atoms with Gasteiger partial charge >= 0.3 is 0 Å². The van der Waals surface area contributed by atoms with Crippen molar-refractivity contribution < 1.29 is 5.11 Å². The van der Waals surface area contributed by atoms with Gasteiger partial charge in [0.15, 0.2) is 5.65 Å². The van der Waals surface area contributed by atoms with Gasteiger partial charge in [0.05, 0.1) is 5.69 Å². The van der Waals surface area contributed by atoms with Crippen molar-refractivity contribution in [1.29, 1.82) is 0 Å². The van der Waals surface area contributed by atoms with Gasteiger partial charge in [-0.15, -0.1) is 0 Å². The number of aliphatic hydroxyl groups is 1. The van der Waals surface area contributed by atoms with Crippen LogP contribution in [0.5, 0.6) is 0 Å². The summed E-state index contributed by atoms with van der Waals surface area (Å²) in [7, 11) is 0. The first-order valence-electron chi connectivity index (χ1n) is 8.27. The van der Waals surface area contributed by atoms with E-state index in [1.165, 1.54) is 5.56 Å². The van der Waals surface area contributed by atoms with Gasteiger partial charge in [-0.2, -0.15) is 5.10 Å². The third kappa shape index (κ3) is 3.01. The Hall–Kier alpha value is -1.46. The number of fused-ring (bicyclic) bond motifs is 1. The number of aliphatic hydroxyl groups excluding tert-OH is 1. The lowest BCUT2D eigenvalue weighted by molar-refractivity contribution is 0.172. The molecule has 2 N–H and O–H groups in total. The molecule has 2 aromatic rings. The zero-order chi connectivity index (χ0) is 15.7. The molecule has 2 aromatic heterocycles. The summed E-state index contributed by atoms with van der Waals surface area (Å²) in [5, 5.41) is 17.5.